The molecule has 0 aliphatic carbocycles. The van der Waals surface area contributed by atoms with Gasteiger partial charge in [0.25, 0.3) is 0 Å². The summed E-state index contributed by atoms with van der Waals surface area (Å²) in [7, 11) is 0. The molecule has 0 radical (unpaired) electrons. The van der Waals surface area contributed by atoms with E-state index in [4.69, 9.17) is 19.8 Å². The molecule has 0 aliphatic rings. The van der Waals surface area contributed by atoms with Crippen LogP contribution in [-0.4, -0.2) is 22.3 Å². The molecule has 0 fully saturated rings. The van der Waals surface area contributed by atoms with Crippen molar-refractivity contribution in [2.75, 3.05) is 0 Å². The second-order valence-electron chi connectivity index (χ2n) is 8.68. The van der Waals surface area contributed by atoms with Crippen LogP contribution in [0.15, 0.2) is 94.7 Å². The lowest BCUT2D eigenvalue weighted by atomic mass is 10.0. The summed E-state index contributed by atoms with van der Waals surface area (Å²) >= 11 is 1.51. The average Bonchev–Trinajstić information content (AvgIpc) is 2.92. The number of benzene rings is 4. The maximum absolute atomic E-state index is 12.6. The molecule has 0 atom stereocenters. The smallest absolute Gasteiger partial charge is 0.344 e. The Hall–Kier alpha value is -4.15. The van der Waals surface area contributed by atoms with Crippen molar-refractivity contribution in [3.8, 4) is 11.5 Å². The Morgan fingerprint density at radius 3 is 1.97 bits per heavy atom. The molecule has 0 spiro atoms. The van der Waals surface area contributed by atoms with Crippen LogP contribution in [0.25, 0.3) is 0 Å². The van der Waals surface area contributed by atoms with E-state index in [1.165, 1.54) is 23.9 Å². The SMILES string of the molecule is Cc1ccc(COO)c(COOc2ccc(Sc3ccc(OC(=O)c4cc(C)ccc4C(=O)O)cc3)cc2)c1. The molecule has 4 aromatic carbocycles. The number of esters is 1. The molecule has 8 nitrogen and oxygen atoms in total. The highest BCUT2D eigenvalue weighted by atomic mass is 32.2. The minimum Gasteiger partial charge on any atom is -0.478 e. The number of carboxylic acids is 1. The van der Waals surface area contributed by atoms with Gasteiger partial charge in [-0.1, -0.05) is 47.2 Å². The normalized spacial score (nSPS) is 10.7. The van der Waals surface area contributed by atoms with E-state index >= 15 is 0 Å². The fourth-order valence-electron chi connectivity index (χ4n) is 3.71. The lowest BCUT2D eigenvalue weighted by Gasteiger charge is -2.10. The second kappa shape index (κ2) is 13.1. The summed E-state index contributed by atoms with van der Waals surface area (Å²) in [5.74, 6) is -1.07. The summed E-state index contributed by atoms with van der Waals surface area (Å²) < 4.78 is 5.40. The number of ether oxygens (including phenoxy) is 1. The quantitative estimate of drug-likeness (QED) is 0.0900. The van der Waals surface area contributed by atoms with Gasteiger partial charge in [0.1, 0.15) is 19.0 Å². The van der Waals surface area contributed by atoms with Gasteiger partial charge in [0.2, 0.25) is 0 Å². The van der Waals surface area contributed by atoms with Crippen LogP contribution in [0.2, 0.25) is 0 Å². The first kappa shape index (κ1) is 27.9. The molecular weight excluding hydrogens is 520 g/mol. The Bertz CT molecular complexity index is 1450. The molecule has 0 bridgehead atoms. The third-order valence-electron chi connectivity index (χ3n) is 5.67. The summed E-state index contributed by atoms with van der Waals surface area (Å²) in [6, 6.07) is 24.5. The first-order chi connectivity index (χ1) is 18.8. The van der Waals surface area contributed by atoms with Crippen molar-refractivity contribution in [1.29, 1.82) is 0 Å². The fourth-order valence-corrected chi connectivity index (χ4v) is 4.53. The number of carbonyl (C=O) groups is 2. The van der Waals surface area contributed by atoms with Gasteiger partial charge < -0.3 is 14.7 Å². The second-order valence-corrected chi connectivity index (χ2v) is 9.83. The Balaban J connectivity index is 1.31. The summed E-state index contributed by atoms with van der Waals surface area (Å²) in [6.45, 7) is 3.99. The van der Waals surface area contributed by atoms with Gasteiger partial charge in [-0.25, -0.2) is 14.5 Å². The van der Waals surface area contributed by atoms with Crippen molar-refractivity contribution in [2.24, 2.45) is 0 Å². The summed E-state index contributed by atoms with van der Waals surface area (Å²) in [5, 5.41) is 18.1. The number of aryl methyl sites for hydroxylation is 2. The van der Waals surface area contributed by atoms with Crippen LogP contribution in [0.1, 0.15) is 43.0 Å². The first-order valence-corrected chi connectivity index (χ1v) is 12.7. The van der Waals surface area contributed by atoms with Crippen LogP contribution in [0, 0.1) is 13.8 Å². The van der Waals surface area contributed by atoms with Crippen molar-refractivity contribution in [2.45, 2.75) is 36.9 Å². The van der Waals surface area contributed by atoms with Gasteiger partial charge in [0.05, 0.1) is 11.1 Å². The van der Waals surface area contributed by atoms with E-state index in [-0.39, 0.29) is 24.3 Å². The molecular formula is C30H26O8S. The van der Waals surface area contributed by atoms with Crippen molar-refractivity contribution < 1.29 is 39.4 Å². The molecule has 0 amide bonds. The third-order valence-corrected chi connectivity index (χ3v) is 6.69. The Labute approximate surface area is 229 Å². The number of aromatic carboxylic acids is 1. The van der Waals surface area contributed by atoms with Gasteiger partial charge >= 0.3 is 11.9 Å². The maximum Gasteiger partial charge on any atom is 0.344 e. The molecule has 0 unspecified atom stereocenters. The number of carboxylic acid groups (broad SMARTS) is 1. The average molecular weight is 547 g/mol. The van der Waals surface area contributed by atoms with Crippen molar-refractivity contribution in [1.82, 2.24) is 0 Å². The van der Waals surface area contributed by atoms with E-state index < -0.39 is 11.9 Å². The number of hydrogen-bond acceptors (Lipinski definition) is 8. The number of hydrogen-bond donors (Lipinski definition) is 2. The molecule has 4 aromatic rings. The van der Waals surface area contributed by atoms with E-state index in [1.54, 1.807) is 37.3 Å². The monoisotopic (exact) mass is 546 g/mol. The highest BCUT2D eigenvalue weighted by molar-refractivity contribution is 7.99. The largest absolute Gasteiger partial charge is 0.478 e. The highest BCUT2D eigenvalue weighted by Gasteiger charge is 2.18. The minimum atomic E-state index is -1.19. The van der Waals surface area contributed by atoms with Gasteiger partial charge in [-0.05, 0) is 85.6 Å². The van der Waals surface area contributed by atoms with Crippen LogP contribution in [-0.2, 0) is 23.0 Å². The Kier molecular flexibility index (Phi) is 9.35. The van der Waals surface area contributed by atoms with Gasteiger partial charge in [0, 0.05) is 9.79 Å². The van der Waals surface area contributed by atoms with Gasteiger partial charge in [-0.3, -0.25) is 5.26 Å². The fraction of sp³-hybridized carbons (Fsp3) is 0.133. The molecule has 39 heavy (non-hydrogen) atoms. The van der Waals surface area contributed by atoms with E-state index in [0.717, 1.165) is 32.0 Å². The molecule has 4 rings (SSSR count). The van der Waals surface area contributed by atoms with Crippen molar-refractivity contribution in [3.05, 3.63) is 118 Å². The van der Waals surface area contributed by atoms with E-state index in [0.29, 0.717) is 11.5 Å². The van der Waals surface area contributed by atoms with Crippen molar-refractivity contribution >= 4 is 23.7 Å². The zero-order valence-corrected chi connectivity index (χ0v) is 22.1. The van der Waals surface area contributed by atoms with Crippen LogP contribution >= 0.6 is 11.8 Å². The van der Waals surface area contributed by atoms with Crippen LogP contribution in [0.4, 0.5) is 0 Å². The molecule has 0 aliphatic heterocycles. The van der Waals surface area contributed by atoms with Crippen LogP contribution < -0.4 is 9.62 Å². The van der Waals surface area contributed by atoms with Crippen molar-refractivity contribution in [3.63, 3.8) is 0 Å². The van der Waals surface area contributed by atoms with E-state index in [9.17, 15) is 14.7 Å². The van der Waals surface area contributed by atoms with Gasteiger partial charge in [0.15, 0.2) is 5.75 Å². The lowest BCUT2D eigenvalue weighted by Crippen LogP contribution is -2.14. The van der Waals surface area contributed by atoms with Crippen LogP contribution in [0.3, 0.4) is 0 Å². The topological polar surface area (TPSA) is 112 Å². The van der Waals surface area contributed by atoms with Crippen LogP contribution in [0.5, 0.6) is 11.5 Å². The predicted octanol–water partition coefficient (Wildman–Crippen LogP) is 6.87. The lowest BCUT2D eigenvalue weighted by molar-refractivity contribution is -0.253. The molecule has 9 heteroatoms. The first-order valence-electron chi connectivity index (χ1n) is 11.9. The van der Waals surface area contributed by atoms with Gasteiger partial charge in [-0.15, -0.1) is 0 Å². The maximum atomic E-state index is 12.6. The van der Waals surface area contributed by atoms with E-state index in [1.807, 2.05) is 49.4 Å². The van der Waals surface area contributed by atoms with E-state index in [2.05, 4.69) is 4.89 Å². The number of rotatable bonds is 11. The zero-order valence-electron chi connectivity index (χ0n) is 21.2. The third kappa shape index (κ3) is 7.68. The van der Waals surface area contributed by atoms with Gasteiger partial charge in [-0.2, -0.15) is 4.89 Å². The number of carbonyl (C=O) groups excluding carboxylic acids is 1. The molecule has 200 valence electrons. The summed E-state index contributed by atoms with van der Waals surface area (Å²) in [5.41, 5.74) is 3.38. The molecule has 0 saturated heterocycles. The molecule has 0 aromatic heterocycles. The minimum absolute atomic E-state index is 0.00531. The predicted molar refractivity (Wildman–Crippen MR) is 144 cm³/mol. The summed E-state index contributed by atoms with van der Waals surface area (Å²) in [4.78, 5) is 41.0. The zero-order chi connectivity index (χ0) is 27.8. The Morgan fingerprint density at radius 2 is 1.33 bits per heavy atom. The Morgan fingerprint density at radius 1 is 0.718 bits per heavy atom. The molecule has 0 heterocycles. The molecule has 2 N–H and O–H groups in total. The standard InChI is InChI=1S/C30H26O8S/c1-19-3-5-21(17-35-34)22(15-19)18-36-38-24-8-12-26(13-9-24)39-25-10-6-23(7-11-25)37-30(33)28-16-20(2)4-14-27(28)29(31)32/h3-16,34H,17-18H2,1-2H3,(H,31,32). The summed E-state index contributed by atoms with van der Waals surface area (Å²) in [6.07, 6.45) is 0. The highest BCUT2D eigenvalue weighted by Crippen LogP contribution is 2.30. The molecule has 0 saturated carbocycles.